The average molecular weight is 260 g/mol. The third-order valence-corrected chi connectivity index (χ3v) is 3.34. The Morgan fingerprint density at radius 2 is 1.65 bits per heavy atom. The maximum absolute atomic E-state index is 4.77. The minimum absolute atomic E-state index is 0.819. The highest BCUT2D eigenvalue weighted by atomic mass is 15.2. The molecule has 1 aliphatic heterocycles. The van der Waals surface area contributed by atoms with Gasteiger partial charge in [0.25, 0.3) is 0 Å². The third kappa shape index (κ3) is 1.70. The van der Waals surface area contributed by atoms with Crippen molar-refractivity contribution in [3.63, 3.8) is 0 Å². The Bertz CT molecular complexity index is 787. The number of benzene rings is 2. The summed E-state index contributed by atoms with van der Waals surface area (Å²) in [4.78, 5) is 4.77. The van der Waals surface area contributed by atoms with E-state index in [2.05, 4.69) is 33.7 Å². The second-order valence-corrected chi connectivity index (χ2v) is 4.63. The van der Waals surface area contributed by atoms with E-state index >= 15 is 0 Å². The van der Waals surface area contributed by atoms with Crippen molar-refractivity contribution in [2.45, 2.75) is 0 Å². The molecule has 2 aromatic carbocycles. The van der Waals surface area contributed by atoms with E-state index in [0.717, 1.165) is 34.0 Å². The second-order valence-electron chi connectivity index (χ2n) is 4.63. The van der Waals surface area contributed by atoms with Gasteiger partial charge < -0.3 is 5.32 Å². The molecule has 0 atom stereocenters. The minimum Gasteiger partial charge on any atom is -0.338 e. The Kier molecular flexibility index (Phi) is 2.39. The van der Waals surface area contributed by atoms with E-state index in [4.69, 9.17) is 4.99 Å². The number of aliphatic imine (C=N–C) groups is 1. The third-order valence-electron chi connectivity index (χ3n) is 3.34. The summed E-state index contributed by atoms with van der Waals surface area (Å²) in [5.74, 6) is 0.823. The minimum atomic E-state index is 0.819. The predicted octanol–water partition coefficient (Wildman–Crippen LogP) is 3.64. The second kappa shape index (κ2) is 4.35. The lowest BCUT2D eigenvalue weighted by atomic mass is 10.0. The molecular formula is C16H12N4. The van der Waals surface area contributed by atoms with Gasteiger partial charge in [0.1, 0.15) is 5.69 Å². The van der Waals surface area contributed by atoms with Crippen LogP contribution in [0.2, 0.25) is 0 Å². The molecule has 0 aliphatic carbocycles. The van der Waals surface area contributed by atoms with Crippen LogP contribution >= 0.6 is 0 Å². The van der Waals surface area contributed by atoms with Gasteiger partial charge in [-0.3, -0.25) is 5.10 Å². The van der Waals surface area contributed by atoms with Gasteiger partial charge in [-0.15, -0.1) is 0 Å². The van der Waals surface area contributed by atoms with E-state index < -0.39 is 0 Å². The van der Waals surface area contributed by atoms with E-state index in [9.17, 15) is 0 Å². The molecule has 2 N–H and O–H groups in total. The summed E-state index contributed by atoms with van der Waals surface area (Å²) in [5.41, 5.74) is 4.98. The SMILES string of the molecule is c1ccc(C2=Nc3cn[nH]c3Nc3ccccc32)cc1. The molecule has 4 nitrogen and oxygen atoms in total. The van der Waals surface area contributed by atoms with Crippen molar-refractivity contribution in [1.82, 2.24) is 10.2 Å². The Hall–Kier alpha value is -2.88. The summed E-state index contributed by atoms with van der Waals surface area (Å²) in [6.45, 7) is 0. The Balaban J connectivity index is 2.00. The lowest BCUT2D eigenvalue weighted by molar-refractivity contribution is 1.09. The van der Waals surface area contributed by atoms with Gasteiger partial charge >= 0.3 is 0 Å². The molecule has 20 heavy (non-hydrogen) atoms. The molecule has 0 radical (unpaired) electrons. The van der Waals surface area contributed by atoms with Gasteiger partial charge in [0.15, 0.2) is 5.82 Å². The molecule has 1 aromatic heterocycles. The maximum Gasteiger partial charge on any atom is 0.152 e. The van der Waals surface area contributed by atoms with Crippen molar-refractivity contribution in [2.24, 2.45) is 4.99 Å². The van der Waals surface area contributed by atoms with Crippen molar-refractivity contribution in [1.29, 1.82) is 0 Å². The van der Waals surface area contributed by atoms with Crippen LogP contribution in [-0.2, 0) is 0 Å². The standard InChI is InChI=1S/C16H12N4/c1-2-6-11(7-3-1)15-12-8-4-5-9-13(12)19-16-14(18-15)10-17-20-16/h1-10H,(H2,17,19,20). The first kappa shape index (κ1) is 11.0. The first-order chi connectivity index (χ1) is 9.92. The first-order valence-corrected chi connectivity index (χ1v) is 6.46. The summed E-state index contributed by atoms with van der Waals surface area (Å²) in [5, 5.41) is 10.3. The van der Waals surface area contributed by atoms with Crippen LogP contribution in [0, 0.1) is 0 Å². The molecule has 2 heterocycles. The highest BCUT2D eigenvalue weighted by molar-refractivity contribution is 6.18. The highest BCUT2D eigenvalue weighted by Gasteiger charge is 2.18. The van der Waals surface area contributed by atoms with Gasteiger partial charge in [0.2, 0.25) is 0 Å². The molecule has 4 rings (SSSR count). The summed E-state index contributed by atoms with van der Waals surface area (Å²) in [6, 6.07) is 18.4. The monoisotopic (exact) mass is 260 g/mol. The van der Waals surface area contributed by atoms with Crippen molar-refractivity contribution < 1.29 is 0 Å². The number of para-hydroxylation sites is 1. The van der Waals surface area contributed by atoms with Gasteiger partial charge in [0.05, 0.1) is 11.9 Å². The van der Waals surface area contributed by atoms with Crippen molar-refractivity contribution in [2.75, 3.05) is 5.32 Å². The Labute approximate surface area is 116 Å². The van der Waals surface area contributed by atoms with Crippen LogP contribution in [0.25, 0.3) is 0 Å². The summed E-state index contributed by atoms with van der Waals surface area (Å²) in [7, 11) is 0. The fourth-order valence-corrected chi connectivity index (χ4v) is 2.39. The zero-order valence-corrected chi connectivity index (χ0v) is 10.7. The Morgan fingerprint density at radius 1 is 0.850 bits per heavy atom. The molecular weight excluding hydrogens is 248 g/mol. The van der Waals surface area contributed by atoms with Crippen LogP contribution in [0.3, 0.4) is 0 Å². The number of rotatable bonds is 1. The number of anilines is 2. The van der Waals surface area contributed by atoms with Gasteiger partial charge in [-0.05, 0) is 6.07 Å². The van der Waals surface area contributed by atoms with E-state index in [1.54, 1.807) is 6.20 Å². The van der Waals surface area contributed by atoms with Crippen LogP contribution in [0.15, 0.2) is 65.8 Å². The van der Waals surface area contributed by atoms with Gasteiger partial charge in [-0.1, -0.05) is 48.5 Å². The number of nitrogens with zero attached hydrogens (tertiary/aromatic N) is 2. The first-order valence-electron chi connectivity index (χ1n) is 6.46. The van der Waals surface area contributed by atoms with E-state index in [0.29, 0.717) is 0 Å². The van der Waals surface area contributed by atoms with Crippen LogP contribution < -0.4 is 5.32 Å². The zero-order valence-electron chi connectivity index (χ0n) is 10.7. The predicted molar refractivity (Wildman–Crippen MR) is 80.1 cm³/mol. The van der Waals surface area contributed by atoms with Crippen LogP contribution in [0.1, 0.15) is 11.1 Å². The summed E-state index contributed by atoms with van der Waals surface area (Å²) in [6.07, 6.45) is 1.73. The van der Waals surface area contributed by atoms with Crippen LogP contribution in [0.5, 0.6) is 0 Å². The Morgan fingerprint density at radius 3 is 2.55 bits per heavy atom. The number of aromatic nitrogens is 2. The topological polar surface area (TPSA) is 53.1 Å². The summed E-state index contributed by atoms with van der Waals surface area (Å²) < 4.78 is 0. The highest BCUT2D eigenvalue weighted by Crippen LogP contribution is 2.33. The van der Waals surface area contributed by atoms with Crippen molar-refractivity contribution in [3.05, 3.63) is 71.9 Å². The average Bonchev–Trinajstić information content (AvgIpc) is 2.87. The van der Waals surface area contributed by atoms with Crippen molar-refractivity contribution >= 4 is 22.9 Å². The number of hydrogen-bond donors (Lipinski definition) is 2. The van der Waals surface area contributed by atoms with E-state index in [-0.39, 0.29) is 0 Å². The van der Waals surface area contributed by atoms with Gasteiger partial charge in [-0.2, -0.15) is 5.10 Å². The molecule has 0 saturated heterocycles. The number of aromatic amines is 1. The molecule has 4 heteroatoms. The fraction of sp³-hybridized carbons (Fsp3) is 0. The quantitative estimate of drug-likeness (QED) is 0.549. The molecule has 0 bridgehead atoms. The van der Waals surface area contributed by atoms with Gasteiger partial charge in [0, 0.05) is 16.8 Å². The molecule has 0 amide bonds. The zero-order chi connectivity index (χ0) is 13.4. The number of hydrogen-bond acceptors (Lipinski definition) is 3. The lowest BCUT2D eigenvalue weighted by Gasteiger charge is -2.09. The molecule has 3 aromatic rings. The lowest BCUT2D eigenvalue weighted by Crippen LogP contribution is -2.04. The normalized spacial score (nSPS) is 12.7. The van der Waals surface area contributed by atoms with Crippen LogP contribution in [-0.4, -0.2) is 15.9 Å². The van der Waals surface area contributed by atoms with Gasteiger partial charge in [-0.25, -0.2) is 4.99 Å². The maximum atomic E-state index is 4.77. The molecule has 0 fully saturated rings. The summed E-state index contributed by atoms with van der Waals surface area (Å²) >= 11 is 0. The van der Waals surface area contributed by atoms with E-state index in [1.165, 1.54) is 0 Å². The molecule has 1 aliphatic rings. The van der Waals surface area contributed by atoms with Crippen LogP contribution in [0.4, 0.5) is 17.2 Å². The number of nitrogens with one attached hydrogen (secondary N) is 2. The molecule has 96 valence electrons. The largest absolute Gasteiger partial charge is 0.338 e. The smallest absolute Gasteiger partial charge is 0.152 e. The number of fused-ring (bicyclic) bond motifs is 2. The van der Waals surface area contributed by atoms with E-state index in [1.807, 2.05) is 36.4 Å². The van der Waals surface area contributed by atoms with Crippen molar-refractivity contribution in [3.8, 4) is 0 Å². The molecule has 0 saturated carbocycles. The fourth-order valence-electron chi connectivity index (χ4n) is 2.39. The molecule has 0 spiro atoms. The number of H-pyrrole nitrogens is 1. The molecule has 0 unspecified atom stereocenters.